The zero-order valence-corrected chi connectivity index (χ0v) is 15.5. The molecule has 0 atom stereocenters. The zero-order valence-electron chi connectivity index (χ0n) is 14.0. The smallest absolute Gasteiger partial charge is 0.262 e. The molecule has 0 bridgehead atoms. The summed E-state index contributed by atoms with van der Waals surface area (Å²) in [5.74, 6) is 0.0415. The predicted octanol–water partition coefficient (Wildman–Crippen LogP) is 4.25. The number of halogens is 2. The number of hydrogen-bond acceptors (Lipinski definition) is 3. The lowest BCUT2D eigenvalue weighted by Crippen LogP contribution is -2.27. The molecule has 0 unspecified atom stereocenters. The number of nitrogens with zero attached hydrogens (tertiary/aromatic N) is 1. The van der Waals surface area contributed by atoms with Crippen LogP contribution in [-0.2, 0) is 4.79 Å². The number of likely N-dealkylation sites (tertiary alicyclic amines) is 1. The normalized spacial score (nSPS) is 13.5. The van der Waals surface area contributed by atoms with E-state index in [1.807, 2.05) is 4.90 Å². The predicted molar refractivity (Wildman–Crippen MR) is 102 cm³/mol. The maximum Gasteiger partial charge on any atom is 0.262 e. The van der Waals surface area contributed by atoms with Crippen LogP contribution in [0.15, 0.2) is 42.5 Å². The third-order valence-corrected chi connectivity index (χ3v) is 4.61. The molecule has 2 aromatic carbocycles. The van der Waals surface area contributed by atoms with Crippen molar-refractivity contribution in [2.45, 2.75) is 12.8 Å². The molecule has 0 spiro atoms. The van der Waals surface area contributed by atoms with Crippen molar-refractivity contribution in [2.75, 3.05) is 25.0 Å². The summed E-state index contributed by atoms with van der Waals surface area (Å²) in [5.41, 5.74) is 1.21. The third kappa shape index (κ3) is 4.68. The van der Waals surface area contributed by atoms with Gasteiger partial charge in [-0.25, -0.2) is 0 Å². The lowest BCUT2D eigenvalue weighted by Gasteiger charge is -2.15. The topological polar surface area (TPSA) is 58.6 Å². The van der Waals surface area contributed by atoms with Crippen LogP contribution in [0.4, 0.5) is 5.69 Å². The van der Waals surface area contributed by atoms with Crippen LogP contribution < -0.4 is 10.1 Å². The summed E-state index contributed by atoms with van der Waals surface area (Å²) in [4.78, 5) is 26.2. The summed E-state index contributed by atoms with van der Waals surface area (Å²) in [5, 5.41) is 3.57. The number of nitrogens with one attached hydrogen (secondary N) is 1. The molecule has 0 aromatic heterocycles. The fourth-order valence-electron chi connectivity index (χ4n) is 2.73. The largest absolute Gasteiger partial charge is 0.482 e. The van der Waals surface area contributed by atoms with E-state index in [-0.39, 0.29) is 18.4 Å². The first kappa shape index (κ1) is 18.5. The number of anilines is 1. The monoisotopic (exact) mass is 392 g/mol. The van der Waals surface area contributed by atoms with Gasteiger partial charge in [-0.15, -0.1) is 0 Å². The molecular formula is C19H18Cl2N2O3. The van der Waals surface area contributed by atoms with Crippen LogP contribution in [-0.4, -0.2) is 36.4 Å². The van der Waals surface area contributed by atoms with Gasteiger partial charge >= 0.3 is 0 Å². The van der Waals surface area contributed by atoms with Crippen molar-refractivity contribution >= 4 is 40.7 Å². The fraction of sp³-hybridized carbons (Fsp3) is 0.263. The molecule has 7 heteroatoms. The molecule has 1 heterocycles. The molecule has 1 aliphatic rings. The van der Waals surface area contributed by atoms with Crippen LogP contribution >= 0.6 is 23.2 Å². The van der Waals surface area contributed by atoms with Gasteiger partial charge in [0.05, 0.1) is 5.02 Å². The van der Waals surface area contributed by atoms with Gasteiger partial charge in [-0.3, -0.25) is 9.59 Å². The molecular weight excluding hydrogens is 375 g/mol. The maximum absolute atomic E-state index is 12.3. The van der Waals surface area contributed by atoms with Crippen molar-refractivity contribution < 1.29 is 14.3 Å². The summed E-state index contributed by atoms with van der Waals surface area (Å²) in [6, 6.07) is 11.6. The summed E-state index contributed by atoms with van der Waals surface area (Å²) >= 11 is 11.9. The van der Waals surface area contributed by atoms with Gasteiger partial charge in [-0.1, -0.05) is 23.2 Å². The molecule has 0 aliphatic carbocycles. The van der Waals surface area contributed by atoms with Crippen LogP contribution in [0, 0.1) is 0 Å². The summed E-state index contributed by atoms with van der Waals surface area (Å²) in [6.45, 7) is 1.41. The molecule has 1 aliphatic heterocycles. The van der Waals surface area contributed by atoms with E-state index in [9.17, 15) is 9.59 Å². The van der Waals surface area contributed by atoms with Crippen LogP contribution in [0.25, 0.3) is 0 Å². The van der Waals surface area contributed by atoms with E-state index in [1.54, 1.807) is 42.5 Å². The summed E-state index contributed by atoms with van der Waals surface area (Å²) in [7, 11) is 0. The Bertz CT molecular complexity index is 803. The van der Waals surface area contributed by atoms with Crippen molar-refractivity contribution in [1.29, 1.82) is 0 Å². The zero-order chi connectivity index (χ0) is 18.5. The van der Waals surface area contributed by atoms with Crippen molar-refractivity contribution in [1.82, 2.24) is 4.90 Å². The molecule has 5 nitrogen and oxygen atoms in total. The average molecular weight is 393 g/mol. The van der Waals surface area contributed by atoms with E-state index in [0.29, 0.717) is 27.0 Å². The number of rotatable bonds is 5. The van der Waals surface area contributed by atoms with Crippen LogP contribution in [0.5, 0.6) is 5.75 Å². The van der Waals surface area contributed by atoms with Crippen molar-refractivity contribution in [3.05, 3.63) is 58.1 Å². The molecule has 26 heavy (non-hydrogen) atoms. The van der Waals surface area contributed by atoms with Gasteiger partial charge in [0.15, 0.2) is 6.61 Å². The second kappa shape index (κ2) is 8.43. The average Bonchev–Trinajstić information content (AvgIpc) is 3.17. The SMILES string of the molecule is O=C(COc1cc(Cl)ccc1Cl)Nc1ccc(C(=O)N2CCCC2)cc1. The Balaban J connectivity index is 1.54. The van der Waals surface area contributed by atoms with Gasteiger partial charge in [0, 0.05) is 35.4 Å². The molecule has 1 fully saturated rings. The van der Waals surface area contributed by atoms with E-state index in [0.717, 1.165) is 25.9 Å². The molecule has 2 aromatic rings. The summed E-state index contributed by atoms with van der Waals surface area (Å²) in [6.07, 6.45) is 2.10. The molecule has 1 saturated heterocycles. The van der Waals surface area contributed by atoms with Gasteiger partial charge in [0.2, 0.25) is 0 Å². The fourth-order valence-corrected chi connectivity index (χ4v) is 3.06. The lowest BCUT2D eigenvalue weighted by molar-refractivity contribution is -0.118. The standard InChI is InChI=1S/C19H18Cl2N2O3/c20-14-5-8-16(21)17(11-14)26-12-18(24)22-15-6-3-13(4-7-15)19(25)23-9-1-2-10-23/h3-8,11H,1-2,9-10,12H2,(H,22,24). The number of hydrogen-bond donors (Lipinski definition) is 1. The first-order valence-corrected chi connectivity index (χ1v) is 9.05. The van der Waals surface area contributed by atoms with Crippen molar-refractivity contribution in [3.63, 3.8) is 0 Å². The minimum atomic E-state index is -0.334. The van der Waals surface area contributed by atoms with Crippen molar-refractivity contribution in [2.24, 2.45) is 0 Å². The van der Waals surface area contributed by atoms with Gasteiger partial charge in [0.25, 0.3) is 11.8 Å². The molecule has 0 radical (unpaired) electrons. The summed E-state index contributed by atoms with van der Waals surface area (Å²) < 4.78 is 5.39. The number of benzene rings is 2. The highest BCUT2D eigenvalue weighted by Gasteiger charge is 2.19. The van der Waals surface area contributed by atoms with E-state index < -0.39 is 0 Å². The Hall–Kier alpha value is -2.24. The Morgan fingerprint density at radius 1 is 1.04 bits per heavy atom. The van der Waals surface area contributed by atoms with Gasteiger partial charge in [-0.2, -0.15) is 0 Å². The number of amides is 2. The van der Waals surface area contributed by atoms with Gasteiger partial charge in [-0.05, 0) is 49.2 Å². The highest BCUT2D eigenvalue weighted by atomic mass is 35.5. The highest BCUT2D eigenvalue weighted by molar-refractivity contribution is 6.34. The highest BCUT2D eigenvalue weighted by Crippen LogP contribution is 2.27. The van der Waals surface area contributed by atoms with Crippen LogP contribution in [0.1, 0.15) is 23.2 Å². The van der Waals surface area contributed by atoms with Gasteiger partial charge < -0.3 is 15.0 Å². The Morgan fingerprint density at radius 2 is 1.73 bits per heavy atom. The van der Waals surface area contributed by atoms with Crippen molar-refractivity contribution in [3.8, 4) is 5.75 Å². The molecule has 3 rings (SSSR count). The second-order valence-electron chi connectivity index (χ2n) is 5.99. The van der Waals surface area contributed by atoms with E-state index >= 15 is 0 Å². The quantitative estimate of drug-likeness (QED) is 0.827. The Kier molecular flexibility index (Phi) is 6.01. The Morgan fingerprint density at radius 3 is 2.42 bits per heavy atom. The van der Waals surface area contributed by atoms with E-state index in [1.165, 1.54) is 0 Å². The first-order valence-electron chi connectivity index (χ1n) is 8.30. The maximum atomic E-state index is 12.3. The van der Waals surface area contributed by atoms with Crippen LogP contribution in [0.3, 0.4) is 0 Å². The minimum absolute atomic E-state index is 0.0271. The van der Waals surface area contributed by atoms with E-state index in [2.05, 4.69) is 5.32 Å². The first-order chi connectivity index (χ1) is 12.5. The molecule has 1 N–H and O–H groups in total. The number of ether oxygens (including phenoxy) is 1. The third-order valence-electron chi connectivity index (χ3n) is 4.06. The molecule has 136 valence electrons. The second-order valence-corrected chi connectivity index (χ2v) is 6.83. The number of carbonyl (C=O) groups is 2. The molecule has 0 saturated carbocycles. The molecule has 2 amide bonds. The van der Waals surface area contributed by atoms with E-state index in [4.69, 9.17) is 27.9 Å². The van der Waals surface area contributed by atoms with Crippen LogP contribution in [0.2, 0.25) is 10.0 Å². The Labute approximate surface area is 161 Å². The minimum Gasteiger partial charge on any atom is -0.482 e. The van der Waals surface area contributed by atoms with Gasteiger partial charge in [0.1, 0.15) is 5.75 Å². The number of carbonyl (C=O) groups excluding carboxylic acids is 2. The lowest BCUT2D eigenvalue weighted by atomic mass is 10.2.